The van der Waals surface area contributed by atoms with Gasteiger partial charge in [-0.2, -0.15) is 8.80 Å². The predicted octanol–water partition coefficient (Wildman–Crippen LogP) is 3.18. The molecule has 1 aromatic carbocycles. The van der Waals surface area contributed by atoms with Gasteiger partial charge in [-0.1, -0.05) is 6.07 Å². The molecule has 0 aliphatic heterocycles. The lowest BCUT2D eigenvalue weighted by Crippen LogP contribution is -2.21. The molecule has 0 aliphatic carbocycles. The van der Waals surface area contributed by atoms with Gasteiger partial charge < -0.3 is 5.11 Å². The van der Waals surface area contributed by atoms with E-state index in [-0.39, 0.29) is 0 Å². The van der Waals surface area contributed by atoms with Gasteiger partial charge in [0.15, 0.2) is 30.5 Å². The lowest BCUT2D eigenvalue weighted by atomic mass is 10.0. The molecule has 1 N–H and O–H groups in total. The molecule has 0 bridgehead atoms. The van der Waals surface area contributed by atoms with Gasteiger partial charge in [0.2, 0.25) is 5.52 Å². The van der Waals surface area contributed by atoms with E-state index < -0.39 is 0 Å². The molecule has 5 aromatic rings. The Morgan fingerprint density at radius 1 is 0.739 bits per heavy atom. The summed E-state index contributed by atoms with van der Waals surface area (Å²) in [6.07, 6.45) is 8.13. The fourth-order valence-electron chi connectivity index (χ4n) is 3.34. The lowest BCUT2D eigenvalue weighted by molar-refractivity contribution is -0.510. The molecule has 3 nitrogen and oxygen atoms in total. The molecule has 4 heterocycles. The second-order valence-corrected chi connectivity index (χ2v) is 5.81. The molecule has 0 fully saturated rings. The molecule has 0 amide bonds. The summed E-state index contributed by atoms with van der Waals surface area (Å²) >= 11 is 0. The van der Waals surface area contributed by atoms with Gasteiger partial charge in [0.25, 0.3) is 5.52 Å². The number of aromatic nitrogens is 2. The van der Waals surface area contributed by atoms with Crippen LogP contribution in [-0.4, -0.2) is 5.11 Å². The molecule has 0 saturated heterocycles. The van der Waals surface area contributed by atoms with Crippen molar-refractivity contribution in [2.45, 2.75) is 0 Å². The summed E-state index contributed by atoms with van der Waals surface area (Å²) in [5.41, 5.74) is 1.94. The van der Waals surface area contributed by atoms with E-state index in [0.29, 0.717) is 5.75 Å². The second kappa shape index (κ2) is 4.40. The Kier molecular flexibility index (Phi) is 2.36. The number of nitrogens with zero attached hydrogens (tertiary/aromatic N) is 2. The molecular formula is C20H14N2O+2. The highest BCUT2D eigenvalue weighted by Crippen LogP contribution is 2.33. The first-order chi connectivity index (χ1) is 11.3. The summed E-state index contributed by atoms with van der Waals surface area (Å²) in [4.78, 5) is 0. The Morgan fingerprint density at radius 3 is 2.43 bits per heavy atom. The molecule has 0 atom stereocenters. The molecule has 4 aromatic heterocycles. The van der Waals surface area contributed by atoms with Crippen LogP contribution in [0.1, 0.15) is 0 Å². The summed E-state index contributed by atoms with van der Waals surface area (Å²) < 4.78 is 4.04. The number of pyridine rings is 4. The average molecular weight is 298 g/mol. The first-order valence-electron chi connectivity index (χ1n) is 7.60. The predicted molar refractivity (Wildman–Crippen MR) is 89.4 cm³/mol. The van der Waals surface area contributed by atoms with Crippen LogP contribution in [0.2, 0.25) is 0 Å². The van der Waals surface area contributed by atoms with Crippen LogP contribution in [0.5, 0.6) is 5.75 Å². The third-order valence-electron chi connectivity index (χ3n) is 4.45. The summed E-state index contributed by atoms with van der Waals surface area (Å²) in [6, 6.07) is 18.3. The largest absolute Gasteiger partial charge is 0.502 e. The summed E-state index contributed by atoms with van der Waals surface area (Å²) in [5.74, 6) is 0.324. The van der Waals surface area contributed by atoms with E-state index in [1.807, 2.05) is 47.1 Å². The van der Waals surface area contributed by atoms with E-state index in [4.69, 9.17) is 0 Å². The van der Waals surface area contributed by atoms with E-state index in [1.165, 1.54) is 0 Å². The van der Waals surface area contributed by atoms with Crippen LogP contribution in [0, 0.1) is 0 Å². The van der Waals surface area contributed by atoms with Crippen molar-refractivity contribution in [3.05, 3.63) is 79.4 Å². The van der Waals surface area contributed by atoms with Crippen molar-refractivity contribution in [1.82, 2.24) is 0 Å². The minimum Gasteiger partial charge on any atom is -0.502 e. The van der Waals surface area contributed by atoms with Crippen LogP contribution >= 0.6 is 0 Å². The normalized spacial score (nSPS) is 11.7. The monoisotopic (exact) mass is 298 g/mol. The van der Waals surface area contributed by atoms with Gasteiger partial charge in [-0.3, -0.25) is 0 Å². The Balaban J connectivity index is 2.05. The SMILES string of the molecule is Oc1c2c(ccc3cc4cccc[n+]4cc32)c[n+]2ccccc12. The zero-order valence-corrected chi connectivity index (χ0v) is 12.3. The van der Waals surface area contributed by atoms with E-state index in [2.05, 4.69) is 41.1 Å². The zero-order valence-electron chi connectivity index (χ0n) is 12.3. The standard InChI is InChI=1S/C20H13N2O/c23-20-18-6-2-4-10-22(18)12-15-8-7-14-11-16-5-1-3-9-21(16)13-17(14)19(15)20/h1-13H/q+1/p+1. The smallest absolute Gasteiger partial charge is 0.253 e. The first kappa shape index (κ1) is 12.4. The van der Waals surface area contributed by atoms with Crippen molar-refractivity contribution < 1.29 is 13.9 Å². The second-order valence-electron chi connectivity index (χ2n) is 5.81. The number of rotatable bonds is 0. The van der Waals surface area contributed by atoms with E-state index >= 15 is 0 Å². The number of hydrogen-bond acceptors (Lipinski definition) is 1. The summed E-state index contributed by atoms with van der Waals surface area (Å²) in [5, 5.41) is 14.9. The number of benzene rings is 1. The highest BCUT2D eigenvalue weighted by molar-refractivity contribution is 6.11. The van der Waals surface area contributed by atoms with Crippen LogP contribution < -0.4 is 8.80 Å². The van der Waals surface area contributed by atoms with Crippen LogP contribution in [-0.2, 0) is 0 Å². The van der Waals surface area contributed by atoms with Gasteiger partial charge in [-0.05, 0) is 23.6 Å². The van der Waals surface area contributed by atoms with Gasteiger partial charge in [-0.25, -0.2) is 0 Å². The van der Waals surface area contributed by atoms with Crippen molar-refractivity contribution in [3.8, 4) is 5.75 Å². The van der Waals surface area contributed by atoms with E-state index in [1.54, 1.807) is 0 Å². The summed E-state index contributed by atoms with van der Waals surface area (Å²) in [6.45, 7) is 0. The van der Waals surface area contributed by atoms with Gasteiger partial charge >= 0.3 is 0 Å². The fourth-order valence-corrected chi connectivity index (χ4v) is 3.34. The highest BCUT2D eigenvalue weighted by atomic mass is 16.3. The van der Waals surface area contributed by atoms with Crippen molar-refractivity contribution in [2.24, 2.45) is 0 Å². The highest BCUT2D eigenvalue weighted by Gasteiger charge is 2.17. The molecule has 0 aliphatic rings. The van der Waals surface area contributed by atoms with E-state index in [9.17, 15) is 5.11 Å². The van der Waals surface area contributed by atoms with Gasteiger partial charge in [0.1, 0.15) is 0 Å². The Hall–Kier alpha value is -3.20. The quantitative estimate of drug-likeness (QED) is 0.265. The average Bonchev–Trinajstić information content (AvgIpc) is 2.60. The van der Waals surface area contributed by atoms with Crippen LogP contribution in [0.4, 0.5) is 0 Å². The third kappa shape index (κ3) is 1.70. The maximum atomic E-state index is 10.9. The molecule has 0 unspecified atom stereocenters. The molecule has 0 radical (unpaired) electrons. The Bertz CT molecular complexity index is 1230. The van der Waals surface area contributed by atoms with Gasteiger partial charge in [-0.15, -0.1) is 0 Å². The fraction of sp³-hybridized carbons (Fsp3) is 0. The van der Waals surface area contributed by atoms with Gasteiger partial charge in [0, 0.05) is 30.3 Å². The van der Waals surface area contributed by atoms with Crippen molar-refractivity contribution in [2.75, 3.05) is 0 Å². The summed E-state index contributed by atoms with van der Waals surface area (Å²) in [7, 11) is 0. The van der Waals surface area contributed by atoms with Crippen LogP contribution in [0.15, 0.2) is 79.4 Å². The Labute approximate surface area is 132 Å². The molecule has 0 spiro atoms. The molecule has 5 rings (SSSR count). The molecule has 0 saturated carbocycles. The molecule has 23 heavy (non-hydrogen) atoms. The Morgan fingerprint density at radius 2 is 1.52 bits per heavy atom. The minimum absolute atomic E-state index is 0.324. The molecular weight excluding hydrogens is 284 g/mol. The van der Waals surface area contributed by atoms with Crippen LogP contribution in [0.25, 0.3) is 32.6 Å². The van der Waals surface area contributed by atoms with Crippen molar-refractivity contribution >= 4 is 32.6 Å². The number of hydrogen-bond donors (Lipinski definition) is 1. The topological polar surface area (TPSA) is 28.4 Å². The molecule has 108 valence electrons. The third-order valence-corrected chi connectivity index (χ3v) is 4.45. The maximum absolute atomic E-state index is 10.9. The van der Waals surface area contributed by atoms with Gasteiger partial charge in [0.05, 0.1) is 16.2 Å². The van der Waals surface area contributed by atoms with Crippen molar-refractivity contribution in [3.63, 3.8) is 0 Å². The van der Waals surface area contributed by atoms with Crippen molar-refractivity contribution in [1.29, 1.82) is 0 Å². The maximum Gasteiger partial charge on any atom is 0.253 e. The number of fused-ring (bicyclic) bond motifs is 5. The number of aromatic hydroxyl groups is 1. The minimum atomic E-state index is 0.324. The lowest BCUT2D eigenvalue weighted by Gasteiger charge is -2.04. The first-order valence-corrected chi connectivity index (χ1v) is 7.60. The molecule has 3 heteroatoms. The zero-order chi connectivity index (χ0) is 15.4. The van der Waals surface area contributed by atoms with E-state index in [0.717, 1.165) is 32.6 Å². The van der Waals surface area contributed by atoms with Crippen LogP contribution in [0.3, 0.4) is 0 Å².